The minimum absolute atomic E-state index is 0.0167. The maximum Gasteiger partial charge on any atom is 0.247 e. The van der Waals surface area contributed by atoms with Crippen molar-refractivity contribution in [3.05, 3.63) is 40.7 Å². The van der Waals surface area contributed by atoms with Crippen molar-refractivity contribution in [2.75, 3.05) is 19.6 Å². The average Bonchev–Trinajstić information content (AvgIpc) is 2.57. The van der Waals surface area contributed by atoms with Crippen molar-refractivity contribution in [1.82, 2.24) is 9.80 Å². The summed E-state index contributed by atoms with van der Waals surface area (Å²) in [7, 11) is 0. The normalized spacial score (nSPS) is 18.3. The van der Waals surface area contributed by atoms with E-state index < -0.39 is 11.9 Å². The fourth-order valence-corrected chi connectivity index (χ4v) is 2.73. The van der Waals surface area contributed by atoms with Crippen molar-refractivity contribution < 1.29 is 18.8 Å². The largest absolute Gasteiger partial charge is 0.339 e. The van der Waals surface area contributed by atoms with Crippen molar-refractivity contribution >= 4 is 35.8 Å². The Kier molecular flexibility index (Phi) is 6.09. The summed E-state index contributed by atoms with van der Waals surface area (Å²) >= 11 is 5.70. The van der Waals surface area contributed by atoms with Crippen LogP contribution in [-0.4, -0.2) is 53.6 Å². The minimum Gasteiger partial charge on any atom is -0.339 e. The van der Waals surface area contributed by atoms with Gasteiger partial charge in [0.25, 0.3) is 0 Å². The zero-order valence-corrected chi connectivity index (χ0v) is 14.0. The minimum atomic E-state index is -0.584. The number of benzene rings is 1. The summed E-state index contributed by atoms with van der Waals surface area (Å²) in [5, 5.41) is -0.0167. The monoisotopic (exact) mass is 352 g/mol. The Morgan fingerprint density at radius 3 is 2.83 bits per heavy atom. The summed E-state index contributed by atoms with van der Waals surface area (Å²) < 4.78 is 13.1. The molecule has 1 aromatic carbocycles. The lowest BCUT2D eigenvalue weighted by atomic mass is 10.1. The van der Waals surface area contributed by atoms with E-state index in [0.717, 1.165) is 6.29 Å². The van der Waals surface area contributed by atoms with Crippen LogP contribution in [0.3, 0.4) is 0 Å². The van der Waals surface area contributed by atoms with E-state index in [4.69, 9.17) is 11.6 Å². The maximum atomic E-state index is 13.1. The van der Waals surface area contributed by atoms with E-state index in [1.807, 2.05) is 0 Å². The van der Waals surface area contributed by atoms with Crippen molar-refractivity contribution in [1.29, 1.82) is 0 Å². The maximum absolute atomic E-state index is 13.1. The zero-order valence-electron chi connectivity index (χ0n) is 13.2. The van der Waals surface area contributed by atoms with Crippen LogP contribution in [-0.2, 0) is 14.4 Å². The molecular formula is C17H18ClFN2O3. The second-order valence-corrected chi connectivity index (χ2v) is 5.90. The van der Waals surface area contributed by atoms with Crippen molar-refractivity contribution in [3.8, 4) is 0 Å². The second-order valence-electron chi connectivity index (χ2n) is 5.50. The van der Waals surface area contributed by atoms with Crippen LogP contribution < -0.4 is 0 Å². The van der Waals surface area contributed by atoms with Gasteiger partial charge >= 0.3 is 0 Å². The lowest BCUT2D eigenvalue weighted by Gasteiger charge is -2.38. The molecule has 0 radical (unpaired) electrons. The van der Waals surface area contributed by atoms with E-state index in [0.29, 0.717) is 25.2 Å². The fourth-order valence-electron chi connectivity index (χ4n) is 2.54. The number of hydrogen-bond acceptors (Lipinski definition) is 3. The first-order valence-electron chi connectivity index (χ1n) is 7.60. The summed E-state index contributed by atoms with van der Waals surface area (Å²) in [4.78, 5) is 38.0. The van der Waals surface area contributed by atoms with E-state index in [1.54, 1.807) is 11.8 Å². The molecule has 2 rings (SSSR count). The number of halogens is 2. The first kappa shape index (κ1) is 18.1. The predicted molar refractivity (Wildman–Crippen MR) is 88.9 cm³/mol. The molecule has 1 aliphatic rings. The highest BCUT2D eigenvalue weighted by Crippen LogP contribution is 2.17. The van der Waals surface area contributed by atoms with Crippen LogP contribution in [0.4, 0.5) is 4.39 Å². The molecule has 1 saturated heterocycles. The van der Waals surface area contributed by atoms with Gasteiger partial charge in [0.15, 0.2) is 0 Å². The Bertz CT molecular complexity index is 678. The third-order valence-corrected chi connectivity index (χ3v) is 4.20. The van der Waals surface area contributed by atoms with E-state index in [1.165, 1.54) is 35.3 Å². The number of piperazine rings is 1. The molecule has 1 heterocycles. The van der Waals surface area contributed by atoms with Crippen LogP contribution in [0.25, 0.3) is 6.08 Å². The quantitative estimate of drug-likeness (QED) is 0.602. The molecule has 1 fully saturated rings. The van der Waals surface area contributed by atoms with Gasteiger partial charge in [-0.15, -0.1) is 0 Å². The number of carbonyl (C=O) groups excluding carboxylic acids is 3. The first-order chi connectivity index (χ1) is 11.4. The van der Waals surface area contributed by atoms with Crippen LogP contribution >= 0.6 is 11.6 Å². The van der Waals surface area contributed by atoms with E-state index in [-0.39, 0.29) is 23.3 Å². The van der Waals surface area contributed by atoms with E-state index >= 15 is 0 Å². The molecular weight excluding hydrogens is 335 g/mol. The number of amides is 2. The molecule has 5 nitrogen and oxygen atoms in total. The lowest BCUT2D eigenvalue weighted by molar-refractivity contribution is -0.148. The number of aldehydes is 1. The van der Waals surface area contributed by atoms with Gasteiger partial charge in [-0.1, -0.05) is 17.7 Å². The molecule has 2 amide bonds. The van der Waals surface area contributed by atoms with Gasteiger partial charge in [0, 0.05) is 32.1 Å². The molecule has 1 aliphatic heterocycles. The van der Waals surface area contributed by atoms with Crippen LogP contribution in [0, 0.1) is 5.82 Å². The van der Waals surface area contributed by atoms with Gasteiger partial charge in [-0.05, 0) is 30.7 Å². The Morgan fingerprint density at radius 2 is 2.17 bits per heavy atom. The highest BCUT2D eigenvalue weighted by Gasteiger charge is 2.32. The molecule has 0 bridgehead atoms. The van der Waals surface area contributed by atoms with E-state index in [2.05, 4.69) is 0 Å². The Balaban J connectivity index is 2.02. The molecule has 128 valence electrons. The SMILES string of the molecule is C[C@H]1C(=O)N(CCC=O)CCN1C(=O)C=Cc1ccc(F)c(Cl)c1. The predicted octanol–water partition coefficient (Wildman–Crippen LogP) is 2.14. The van der Waals surface area contributed by atoms with Gasteiger partial charge in [0.05, 0.1) is 5.02 Å². The van der Waals surface area contributed by atoms with Gasteiger partial charge in [-0.3, -0.25) is 9.59 Å². The molecule has 0 aromatic heterocycles. The smallest absolute Gasteiger partial charge is 0.247 e. The molecule has 24 heavy (non-hydrogen) atoms. The van der Waals surface area contributed by atoms with Gasteiger partial charge in [-0.25, -0.2) is 4.39 Å². The molecule has 1 atom stereocenters. The zero-order chi connectivity index (χ0) is 17.7. The van der Waals surface area contributed by atoms with Gasteiger partial charge < -0.3 is 14.6 Å². The summed E-state index contributed by atoms with van der Waals surface area (Å²) in [6.45, 7) is 2.84. The van der Waals surface area contributed by atoms with Crippen molar-refractivity contribution in [2.24, 2.45) is 0 Å². The highest BCUT2D eigenvalue weighted by atomic mass is 35.5. The Morgan fingerprint density at radius 1 is 1.42 bits per heavy atom. The fraction of sp³-hybridized carbons (Fsp3) is 0.353. The lowest BCUT2D eigenvalue weighted by Crippen LogP contribution is -2.57. The topological polar surface area (TPSA) is 57.7 Å². The highest BCUT2D eigenvalue weighted by molar-refractivity contribution is 6.30. The van der Waals surface area contributed by atoms with Crippen molar-refractivity contribution in [2.45, 2.75) is 19.4 Å². The molecule has 0 spiro atoms. The number of nitrogens with zero attached hydrogens (tertiary/aromatic N) is 2. The van der Waals surface area contributed by atoms with Gasteiger partial charge in [-0.2, -0.15) is 0 Å². The Labute approximate surface area is 144 Å². The number of hydrogen-bond donors (Lipinski definition) is 0. The number of rotatable bonds is 5. The summed E-state index contributed by atoms with van der Waals surface area (Å²) in [5.41, 5.74) is 0.596. The number of carbonyl (C=O) groups is 3. The molecule has 0 saturated carbocycles. The molecule has 0 aliphatic carbocycles. The molecule has 1 aromatic rings. The van der Waals surface area contributed by atoms with Crippen LogP contribution in [0.15, 0.2) is 24.3 Å². The van der Waals surface area contributed by atoms with E-state index in [9.17, 15) is 18.8 Å². The summed E-state index contributed by atoms with van der Waals surface area (Å²) in [6.07, 6.45) is 3.93. The average molecular weight is 353 g/mol. The standard InChI is InChI=1S/C17H18ClFN2O3/c1-12-17(24)20(7-2-10-22)8-9-21(12)16(23)6-4-13-3-5-15(19)14(18)11-13/h3-6,10-12H,2,7-9H2,1H3/t12-/m0/s1. The van der Waals surface area contributed by atoms with Crippen LogP contribution in [0.5, 0.6) is 0 Å². The van der Waals surface area contributed by atoms with Crippen LogP contribution in [0.1, 0.15) is 18.9 Å². The first-order valence-corrected chi connectivity index (χ1v) is 7.98. The molecule has 7 heteroatoms. The van der Waals surface area contributed by atoms with Gasteiger partial charge in [0.2, 0.25) is 11.8 Å². The van der Waals surface area contributed by atoms with Crippen LogP contribution in [0.2, 0.25) is 5.02 Å². The molecule has 0 N–H and O–H groups in total. The summed E-state index contributed by atoms with van der Waals surface area (Å²) in [6, 6.07) is 3.58. The third-order valence-electron chi connectivity index (χ3n) is 3.91. The summed E-state index contributed by atoms with van der Waals surface area (Å²) in [5.74, 6) is -0.994. The van der Waals surface area contributed by atoms with Gasteiger partial charge in [0.1, 0.15) is 18.1 Å². The third kappa shape index (κ3) is 4.20. The molecule has 0 unspecified atom stereocenters. The Hall–Kier alpha value is -2.21. The second kappa shape index (κ2) is 8.06. The van der Waals surface area contributed by atoms with Crippen molar-refractivity contribution in [3.63, 3.8) is 0 Å².